The Kier molecular flexibility index (Phi) is 4.10. The van der Waals surface area contributed by atoms with Crippen LogP contribution in [0.2, 0.25) is 0 Å². The van der Waals surface area contributed by atoms with Gasteiger partial charge in [0.25, 0.3) is 0 Å². The maximum atomic E-state index is 12.8. The lowest BCUT2D eigenvalue weighted by atomic mass is 9.99. The molecule has 1 aromatic rings. The largest absolute Gasteiger partial charge is 0.320 e. The van der Waals surface area contributed by atoms with Gasteiger partial charge in [-0.05, 0) is 42.0 Å². The molecule has 0 spiro atoms. The first kappa shape index (κ1) is 15.0. The fourth-order valence-corrected chi connectivity index (χ4v) is 4.32. The molecular weight excluding hydrogens is 280 g/mol. The van der Waals surface area contributed by atoms with E-state index >= 15 is 0 Å². The molecule has 2 heterocycles. The first-order valence-electron chi connectivity index (χ1n) is 8.16. The third-order valence-corrected chi connectivity index (χ3v) is 5.85. The highest BCUT2D eigenvalue weighted by Crippen LogP contribution is 2.51. The van der Waals surface area contributed by atoms with Crippen LogP contribution in [-0.2, 0) is 4.79 Å². The fourth-order valence-electron chi connectivity index (χ4n) is 3.52. The van der Waals surface area contributed by atoms with Crippen molar-refractivity contribution in [3.8, 4) is 0 Å². The van der Waals surface area contributed by atoms with Gasteiger partial charge in [0.15, 0.2) is 0 Å². The molecule has 1 saturated heterocycles. The van der Waals surface area contributed by atoms with Gasteiger partial charge in [0.2, 0.25) is 5.91 Å². The van der Waals surface area contributed by atoms with Gasteiger partial charge in [-0.15, -0.1) is 11.3 Å². The second-order valence-corrected chi connectivity index (χ2v) is 8.00. The van der Waals surface area contributed by atoms with Crippen molar-refractivity contribution in [1.82, 2.24) is 10.2 Å². The molecule has 0 aromatic carbocycles. The van der Waals surface area contributed by atoms with E-state index in [4.69, 9.17) is 0 Å². The topological polar surface area (TPSA) is 32.3 Å². The maximum absolute atomic E-state index is 12.8. The van der Waals surface area contributed by atoms with E-state index in [0.29, 0.717) is 17.2 Å². The van der Waals surface area contributed by atoms with Crippen molar-refractivity contribution >= 4 is 17.2 Å². The van der Waals surface area contributed by atoms with Gasteiger partial charge in [0.05, 0.1) is 6.04 Å². The van der Waals surface area contributed by atoms with E-state index in [1.54, 1.807) is 11.3 Å². The van der Waals surface area contributed by atoms with Gasteiger partial charge in [0.1, 0.15) is 6.17 Å². The lowest BCUT2D eigenvalue weighted by molar-refractivity contribution is -0.131. The molecule has 1 aromatic heterocycles. The van der Waals surface area contributed by atoms with E-state index in [1.807, 2.05) is 0 Å². The first-order chi connectivity index (χ1) is 10.1. The van der Waals surface area contributed by atoms with Crippen molar-refractivity contribution in [3.63, 3.8) is 0 Å². The number of amides is 1. The normalized spacial score (nSPS) is 27.6. The number of hydrogen-bond donors (Lipinski definition) is 1. The molecule has 3 nitrogen and oxygen atoms in total. The average Bonchev–Trinajstić information content (AvgIpc) is 2.87. The summed E-state index contributed by atoms with van der Waals surface area (Å²) in [6.07, 6.45) is 5.12. The lowest BCUT2D eigenvalue weighted by Gasteiger charge is -2.28. The van der Waals surface area contributed by atoms with Crippen LogP contribution in [0.1, 0.15) is 57.5 Å². The van der Waals surface area contributed by atoms with Crippen LogP contribution in [0.4, 0.5) is 0 Å². The summed E-state index contributed by atoms with van der Waals surface area (Å²) >= 11 is 1.74. The SMILES string of the molecule is CCCC1(CN2C(=O)C(C(C)C)NC2c2cccs2)CC1. The van der Waals surface area contributed by atoms with E-state index in [-0.39, 0.29) is 12.2 Å². The van der Waals surface area contributed by atoms with Gasteiger partial charge in [-0.2, -0.15) is 0 Å². The molecule has 2 unspecified atom stereocenters. The van der Waals surface area contributed by atoms with E-state index in [1.165, 1.54) is 30.6 Å². The van der Waals surface area contributed by atoms with Crippen molar-refractivity contribution in [2.75, 3.05) is 6.54 Å². The smallest absolute Gasteiger partial charge is 0.241 e. The molecule has 1 amide bonds. The molecule has 1 aliphatic carbocycles. The molecule has 3 rings (SSSR count). The monoisotopic (exact) mass is 306 g/mol. The van der Waals surface area contributed by atoms with Crippen LogP contribution in [-0.4, -0.2) is 23.4 Å². The second kappa shape index (κ2) is 5.73. The van der Waals surface area contributed by atoms with Crippen LogP contribution < -0.4 is 5.32 Å². The van der Waals surface area contributed by atoms with Crippen molar-refractivity contribution in [2.24, 2.45) is 11.3 Å². The minimum atomic E-state index is -0.0328. The summed E-state index contributed by atoms with van der Waals surface area (Å²) in [6, 6.07) is 4.19. The third-order valence-electron chi connectivity index (χ3n) is 4.92. The molecule has 1 aliphatic heterocycles. The molecule has 4 heteroatoms. The van der Waals surface area contributed by atoms with E-state index in [9.17, 15) is 4.79 Å². The van der Waals surface area contributed by atoms with Gasteiger partial charge < -0.3 is 4.90 Å². The first-order valence-corrected chi connectivity index (χ1v) is 9.04. The molecule has 2 atom stereocenters. The molecule has 0 radical (unpaired) electrons. The number of thiophene rings is 1. The summed E-state index contributed by atoms with van der Waals surface area (Å²) in [5.41, 5.74) is 0.410. The predicted octanol–water partition coefficient (Wildman–Crippen LogP) is 3.78. The average molecular weight is 306 g/mol. The Labute approximate surface area is 131 Å². The molecule has 21 heavy (non-hydrogen) atoms. The summed E-state index contributed by atoms with van der Waals surface area (Å²) < 4.78 is 0. The second-order valence-electron chi connectivity index (χ2n) is 7.02. The summed E-state index contributed by atoms with van der Waals surface area (Å²) in [4.78, 5) is 16.2. The standard InChI is InChI=1S/C17H26N2OS/c1-4-7-17(8-9-17)11-19-15(13-6-5-10-21-13)18-14(12(2)3)16(19)20/h5-6,10,12,14-15,18H,4,7-9,11H2,1-3H3. The Morgan fingerprint density at radius 1 is 1.48 bits per heavy atom. The molecule has 116 valence electrons. The molecule has 1 saturated carbocycles. The van der Waals surface area contributed by atoms with Crippen molar-refractivity contribution < 1.29 is 4.79 Å². The summed E-state index contributed by atoms with van der Waals surface area (Å²) in [5, 5.41) is 5.67. The van der Waals surface area contributed by atoms with Crippen LogP contribution in [0.15, 0.2) is 17.5 Å². The highest BCUT2D eigenvalue weighted by Gasteiger charge is 2.49. The third kappa shape index (κ3) is 2.88. The van der Waals surface area contributed by atoms with Crippen LogP contribution in [0.3, 0.4) is 0 Å². The van der Waals surface area contributed by atoms with Crippen molar-refractivity contribution in [1.29, 1.82) is 0 Å². The minimum absolute atomic E-state index is 0.0328. The van der Waals surface area contributed by atoms with Gasteiger partial charge in [-0.1, -0.05) is 33.3 Å². The quantitative estimate of drug-likeness (QED) is 0.867. The Balaban J connectivity index is 1.81. The van der Waals surface area contributed by atoms with E-state index < -0.39 is 0 Å². The highest BCUT2D eigenvalue weighted by atomic mass is 32.1. The zero-order valence-electron chi connectivity index (χ0n) is 13.3. The van der Waals surface area contributed by atoms with Crippen LogP contribution in [0, 0.1) is 11.3 Å². The van der Waals surface area contributed by atoms with Gasteiger partial charge in [-0.25, -0.2) is 0 Å². The fraction of sp³-hybridized carbons (Fsp3) is 0.706. The molecular formula is C17H26N2OS. The van der Waals surface area contributed by atoms with Crippen LogP contribution in [0.25, 0.3) is 0 Å². The molecule has 2 fully saturated rings. The Bertz CT molecular complexity index is 493. The van der Waals surface area contributed by atoms with E-state index in [2.05, 4.69) is 48.5 Å². The Morgan fingerprint density at radius 2 is 2.24 bits per heavy atom. The van der Waals surface area contributed by atoms with Crippen LogP contribution >= 0.6 is 11.3 Å². The number of carbonyl (C=O) groups excluding carboxylic acids is 1. The summed E-state index contributed by atoms with van der Waals surface area (Å²) in [6.45, 7) is 7.43. The zero-order valence-corrected chi connectivity index (χ0v) is 14.1. The van der Waals surface area contributed by atoms with E-state index in [0.717, 1.165) is 6.54 Å². The maximum Gasteiger partial charge on any atom is 0.241 e. The van der Waals surface area contributed by atoms with Crippen molar-refractivity contribution in [3.05, 3.63) is 22.4 Å². The summed E-state index contributed by atoms with van der Waals surface area (Å²) in [5.74, 6) is 0.636. The van der Waals surface area contributed by atoms with Gasteiger partial charge >= 0.3 is 0 Å². The minimum Gasteiger partial charge on any atom is -0.320 e. The Hall–Kier alpha value is -0.870. The predicted molar refractivity (Wildman–Crippen MR) is 87.1 cm³/mol. The van der Waals surface area contributed by atoms with Gasteiger partial charge in [0, 0.05) is 11.4 Å². The highest BCUT2D eigenvalue weighted by molar-refractivity contribution is 7.10. The number of carbonyl (C=O) groups is 1. The molecule has 1 N–H and O–H groups in total. The zero-order chi connectivity index (χ0) is 15.0. The molecule has 2 aliphatic rings. The van der Waals surface area contributed by atoms with Gasteiger partial charge in [-0.3, -0.25) is 10.1 Å². The summed E-state index contributed by atoms with van der Waals surface area (Å²) in [7, 11) is 0. The van der Waals surface area contributed by atoms with Crippen LogP contribution in [0.5, 0.6) is 0 Å². The molecule has 0 bridgehead atoms. The number of rotatable bonds is 6. The Morgan fingerprint density at radius 3 is 2.76 bits per heavy atom. The number of nitrogens with one attached hydrogen (secondary N) is 1. The number of hydrogen-bond acceptors (Lipinski definition) is 3. The van der Waals surface area contributed by atoms with Crippen molar-refractivity contribution in [2.45, 2.75) is 58.7 Å². The lowest BCUT2D eigenvalue weighted by Crippen LogP contribution is -2.37. The number of nitrogens with zero attached hydrogens (tertiary/aromatic N) is 1.